The number of rotatable bonds is 4. The first kappa shape index (κ1) is 15.2. The number of carbonyl (C=O) groups is 2. The lowest BCUT2D eigenvalue weighted by Gasteiger charge is -2.18. The van der Waals surface area contributed by atoms with Crippen molar-refractivity contribution in [2.75, 3.05) is 27.3 Å². The van der Waals surface area contributed by atoms with Gasteiger partial charge in [0, 0.05) is 24.2 Å². The van der Waals surface area contributed by atoms with Gasteiger partial charge in [-0.1, -0.05) is 0 Å². The molecule has 1 aliphatic rings. The summed E-state index contributed by atoms with van der Waals surface area (Å²) in [5.74, 6) is -0.388. The summed E-state index contributed by atoms with van der Waals surface area (Å²) in [5, 5.41) is 9.01. The van der Waals surface area contributed by atoms with Crippen LogP contribution < -0.4 is 9.47 Å². The maximum atomic E-state index is 12.5. The van der Waals surface area contributed by atoms with E-state index in [9.17, 15) is 9.59 Å². The molecule has 1 unspecified atom stereocenters. The lowest BCUT2D eigenvalue weighted by Crippen LogP contribution is -2.30. The standard InChI is InChI=1S/C15H19NO5/c1-9-12(20-2)6-11(7-13(9)21-3)14(17)16-5-4-10(8-16)15(18)19/h6-7,10H,4-5,8H2,1-3H3,(H,18,19). The maximum Gasteiger partial charge on any atom is 0.308 e. The van der Waals surface area contributed by atoms with Crippen molar-refractivity contribution < 1.29 is 24.2 Å². The van der Waals surface area contributed by atoms with Crippen molar-refractivity contribution >= 4 is 11.9 Å². The molecule has 0 aliphatic carbocycles. The summed E-state index contributed by atoms with van der Waals surface area (Å²) in [5.41, 5.74) is 1.27. The van der Waals surface area contributed by atoms with E-state index in [4.69, 9.17) is 14.6 Å². The molecule has 114 valence electrons. The van der Waals surface area contributed by atoms with Gasteiger partial charge >= 0.3 is 5.97 Å². The van der Waals surface area contributed by atoms with Crippen molar-refractivity contribution in [3.8, 4) is 11.5 Å². The summed E-state index contributed by atoms with van der Waals surface area (Å²) in [6.45, 7) is 2.54. The number of hydrogen-bond donors (Lipinski definition) is 1. The van der Waals surface area contributed by atoms with Gasteiger partial charge in [0.2, 0.25) is 0 Å². The Labute approximate surface area is 123 Å². The average Bonchev–Trinajstić information content (AvgIpc) is 2.96. The summed E-state index contributed by atoms with van der Waals surface area (Å²) in [6.07, 6.45) is 0.487. The van der Waals surface area contributed by atoms with E-state index in [1.165, 1.54) is 14.2 Å². The second-order valence-corrected chi connectivity index (χ2v) is 5.08. The van der Waals surface area contributed by atoms with Gasteiger partial charge in [-0.25, -0.2) is 0 Å². The number of hydrogen-bond acceptors (Lipinski definition) is 4. The van der Waals surface area contributed by atoms with Gasteiger partial charge in [0.25, 0.3) is 5.91 Å². The molecule has 1 amide bonds. The molecule has 1 aromatic rings. The molecule has 2 rings (SSSR count). The van der Waals surface area contributed by atoms with Crippen LogP contribution in [0.25, 0.3) is 0 Å². The van der Waals surface area contributed by atoms with Gasteiger partial charge in [0.1, 0.15) is 11.5 Å². The van der Waals surface area contributed by atoms with Crippen LogP contribution in [-0.2, 0) is 4.79 Å². The van der Waals surface area contributed by atoms with Gasteiger partial charge in [-0.2, -0.15) is 0 Å². The first-order valence-corrected chi connectivity index (χ1v) is 6.72. The summed E-state index contributed by atoms with van der Waals surface area (Å²) in [4.78, 5) is 25.0. The van der Waals surface area contributed by atoms with Crippen molar-refractivity contribution in [3.05, 3.63) is 23.3 Å². The van der Waals surface area contributed by atoms with E-state index in [-0.39, 0.29) is 12.5 Å². The third kappa shape index (κ3) is 2.94. The van der Waals surface area contributed by atoms with Crippen LogP contribution in [0.15, 0.2) is 12.1 Å². The maximum absolute atomic E-state index is 12.5. The Kier molecular flexibility index (Phi) is 4.35. The monoisotopic (exact) mass is 293 g/mol. The van der Waals surface area contributed by atoms with Gasteiger partial charge in [-0.05, 0) is 25.5 Å². The van der Waals surface area contributed by atoms with E-state index in [1.54, 1.807) is 17.0 Å². The number of methoxy groups -OCH3 is 2. The fourth-order valence-corrected chi connectivity index (χ4v) is 2.54. The van der Waals surface area contributed by atoms with Crippen molar-refractivity contribution in [2.45, 2.75) is 13.3 Å². The van der Waals surface area contributed by atoms with Gasteiger partial charge in [-0.15, -0.1) is 0 Å². The number of ether oxygens (including phenoxy) is 2. The van der Waals surface area contributed by atoms with Crippen LogP contribution in [-0.4, -0.2) is 49.2 Å². The molecule has 6 nitrogen and oxygen atoms in total. The number of amides is 1. The molecule has 0 aromatic heterocycles. The summed E-state index contributed by atoms with van der Waals surface area (Å²) in [6, 6.07) is 3.32. The highest BCUT2D eigenvalue weighted by atomic mass is 16.5. The Bertz CT molecular complexity index is 544. The molecule has 1 heterocycles. The van der Waals surface area contributed by atoms with Gasteiger partial charge in [0.05, 0.1) is 20.1 Å². The molecule has 1 fully saturated rings. The Morgan fingerprint density at radius 3 is 2.24 bits per heavy atom. The van der Waals surface area contributed by atoms with Crippen molar-refractivity contribution in [3.63, 3.8) is 0 Å². The van der Waals surface area contributed by atoms with E-state index < -0.39 is 11.9 Å². The number of carboxylic acid groups (broad SMARTS) is 1. The third-order valence-corrected chi connectivity index (χ3v) is 3.82. The van der Waals surface area contributed by atoms with E-state index in [0.717, 1.165) is 5.56 Å². The third-order valence-electron chi connectivity index (χ3n) is 3.82. The van der Waals surface area contributed by atoms with Gasteiger partial charge < -0.3 is 19.5 Å². The molecule has 1 atom stereocenters. The number of nitrogens with zero attached hydrogens (tertiary/aromatic N) is 1. The van der Waals surface area contributed by atoms with E-state index in [2.05, 4.69) is 0 Å². The Hall–Kier alpha value is -2.24. The Morgan fingerprint density at radius 1 is 1.24 bits per heavy atom. The SMILES string of the molecule is COc1cc(C(=O)N2CCC(C(=O)O)C2)cc(OC)c1C. The van der Waals surface area contributed by atoms with Crippen LogP contribution in [0.5, 0.6) is 11.5 Å². The fourth-order valence-electron chi connectivity index (χ4n) is 2.54. The normalized spacial score (nSPS) is 17.7. The van der Waals surface area contributed by atoms with Crippen LogP contribution >= 0.6 is 0 Å². The molecule has 0 bridgehead atoms. The molecule has 21 heavy (non-hydrogen) atoms. The predicted molar refractivity (Wildman–Crippen MR) is 75.9 cm³/mol. The molecule has 0 saturated carbocycles. The van der Waals surface area contributed by atoms with E-state index in [0.29, 0.717) is 30.0 Å². The fraction of sp³-hybridized carbons (Fsp3) is 0.467. The van der Waals surface area contributed by atoms with Gasteiger partial charge in [-0.3, -0.25) is 9.59 Å². The predicted octanol–water partition coefficient (Wildman–Crippen LogP) is 1.56. The highest BCUT2D eigenvalue weighted by molar-refractivity contribution is 5.96. The van der Waals surface area contributed by atoms with Gasteiger partial charge in [0.15, 0.2) is 0 Å². The number of aliphatic carboxylic acids is 1. The Balaban J connectivity index is 2.26. The smallest absolute Gasteiger partial charge is 0.308 e. The minimum atomic E-state index is -0.857. The van der Waals surface area contributed by atoms with Crippen molar-refractivity contribution in [1.29, 1.82) is 0 Å². The zero-order chi connectivity index (χ0) is 15.6. The number of carboxylic acids is 1. The lowest BCUT2D eigenvalue weighted by molar-refractivity contribution is -0.141. The zero-order valence-corrected chi connectivity index (χ0v) is 12.4. The average molecular weight is 293 g/mol. The summed E-state index contributed by atoms with van der Waals surface area (Å²) >= 11 is 0. The van der Waals surface area contributed by atoms with E-state index >= 15 is 0 Å². The van der Waals surface area contributed by atoms with Crippen LogP contribution in [0.3, 0.4) is 0 Å². The minimum Gasteiger partial charge on any atom is -0.496 e. The first-order chi connectivity index (χ1) is 9.97. The van der Waals surface area contributed by atoms with Crippen LogP contribution in [0.2, 0.25) is 0 Å². The summed E-state index contributed by atoms with van der Waals surface area (Å²) < 4.78 is 10.5. The van der Waals surface area contributed by atoms with Crippen LogP contribution in [0.1, 0.15) is 22.3 Å². The first-order valence-electron chi connectivity index (χ1n) is 6.72. The lowest BCUT2D eigenvalue weighted by atomic mass is 10.1. The Morgan fingerprint density at radius 2 is 1.81 bits per heavy atom. The van der Waals surface area contributed by atoms with Crippen LogP contribution in [0.4, 0.5) is 0 Å². The topological polar surface area (TPSA) is 76.1 Å². The number of likely N-dealkylation sites (tertiary alicyclic amines) is 1. The molecule has 1 aliphatic heterocycles. The zero-order valence-electron chi connectivity index (χ0n) is 12.4. The van der Waals surface area contributed by atoms with E-state index in [1.807, 2.05) is 6.92 Å². The molecule has 0 radical (unpaired) electrons. The number of carbonyl (C=O) groups excluding carboxylic acids is 1. The molecular weight excluding hydrogens is 274 g/mol. The highest BCUT2D eigenvalue weighted by Gasteiger charge is 2.31. The van der Waals surface area contributed by atoms with Crippen molar-refractivity contribution in [2.24, 2.45) is 5.92 Å². The van der Waals surface area contributed by atoms with Crippen molar-refractivity contribution in [1.82, 2.24) is 4.90 Å². The largest absolute Gasteiger partial charge is 0.496 e. The summed E-state index contributed by atoms with van der Waals surface area (Å²) in [7, 11) is 3.07. The molecule has 1 N–H and O–H groups in total. The molecule has 6 heteroatoms. The molecule has 1 saturated heterocycles. The molecular formula is C15H19NO5. The molecule has 0 spiro atoms. The second kappa shape index (κ2) is 6.03. The molecule has 1 aromatic carbocycles. The quantitative estimate of drug-likeness (QED) is 0.911. The van der Waals surface area contributed by atoms with Crippen LogP contribution in [0, 0.1) is 12.8 Å². The highest BCUT2D eigenvalue weighted by Crippen LogP contribution is 2.30. The number of benzene rings is 1. The second-order valence-electron chi connectivity index (χ2n) is 5.08. The minimum absolute atomic E-state index is 0.199.